The first-order valence-electron chi connectivity index (χ1n) is 4.74. The van der Waals surface area contributed by atoms with Crippen molar-refractivity contribution < 1.29 is 19.0 Å². The SMILES string of the molecule is COc1ccc(-c2cn[nH]c2C(=O)O)cc1F. The van der Waals surface area contributed by atoms with E-state index in [0.29, 0.717) is 11.1 Å². The molecule has 5 nitrogen and oxygen atoms in total. The minimum absolute atomic E-state index is 0.0745. The number of hydrogen-bond acceptors (Lipinski definition) is 3. The van der Waals surface area contributed by atoms with Crippen molar-refractivity contribution in [3.05, 3.63) is 35.9 Å². The van der Waals surface area contributed by atoms with Crippen molar-refractivity contribution in [1.29, 1.82) is 0 Å². The molecule has 2 aromatic rings. The van der Waals surface area contributed by atoms with Gasteiger partial charge in [0.1, 0.15) is 0 Å². The maximum Gasteiger partial charge on any atom is 0.354 e. The fraction of sp³-hybridized carbons (Fsp3) is 0.0909. The summed E-state index contributed by atoms with van der Waals surface area (Å²) >= 11 is 0. The van der Waals surface area contributed by atoms with Crippen molar-refractivity contribution in [3.8, 4) is 16.9 Å². The number of aromatic amines is 1. The lowest BCUT2D eigenvalue weighted by Crippen LogP contribution is -1.99. The number of nitrogens with one attached hydrogen (secondary N) is 1. The molecular weight excluding hydrogens is 227 g/mol. The molecule has 1 aromatic carbocycles. The van der Waals surface area contributed by atoms with E-state index in [1.54, 1.807) is 6.07 Å². The molecule has 0 radical (unpaired) electrons. The highest BCUT2D eigenvalue weighted by atomic mass is 19.1. The van der Waals surface area contributed by atoms with E-state index in [9.17, 15) is 9.18 Å². The van der Waals surface area contributed by atoms with Gasteiger partial charge < -0.3 is 9.84 Å². The van der Waals surface area contributed by atoms with Gasteiger partial charge in [-0.05, 0) is 17.7 Å². The van der Waals surface area contributed by atoms with Crippen LogP contribution in [0.5, 0.6) is 5.75 Å². The number of aromatic nitrogens is 2. The zero-order chi connectivity index (χ0) is 12.4. The summed E-state index contributed by atoms with van der Waals surface area (Å²) in [6, 6.07) is 4.21. The summed E-state index contributed by atoms with van der Waals surface area (Å²) in [7, 11) is 1.36. The standard InChI is InChI=1S/C11H9FN2O3/c1-17-9-3-2-6(4-8(9)12)7-5-13-14-10(7)11(15)16/h2-5H,1H3,(H,13,14)(H,15,16). The summed E-state index contributed by atoms with van der Waals surface area (Å²) < 4.78 is 18.3. The lowest BCUT2D eigenvalue weighted by molar-refractivity contribution is 0.0691. The minimum atomic E-state index is -1.14. The van der Waals surface area contributed by atoms with Crippen LogP contribution in [0.4, 0.5) is 4.39 Å². The first-order chi connectivity index (χ1) is 8.13. The van der Waals surface area contributed by atoms with E-state index in [1.807, 2.05) is 0 Å². The molecule has 0 spiro atoms. The molecule has 2 rings (SSSR count). The number of ether oxygens (including phenoxy) is 1. The summed E-state index contributed by atoms with van der Waals surface area (Å²) in [5.74, 6) is -1.59. The van der Waals surface area contributed by atoms with E-state index in [2.05, 4.69) is 10.2 Å². The summed E-state index contributed by atoms with van der Waals surface area (Å²) in [6.45, 7) is 0. The van der Waals surface area contributed by atoms with Crippen molar-refractivity contribution in [2.24, 2.45) is 0 Å². The molecule has 0 aliphatic rings. The van der Waals surface area contributed by atoms with Crippen LogP contribution in [-0.4, -0.2) is 28.4 Å². The number of nitrogens with zero attached hydrogens (tertiary/aromatic N) is 1. The number of carboxylic acid groups (broad SMARTS) is 1. The number of carbonyl (C=O) groups is 1. The Morgan fingerprint density at radius 2 is 2.29 bits per heavy atom. The smallest absolute Gasteiger partial charge is 0.354 e. The van der Waals surface area contributed by atoms with Crippen LogP contribution in [0.15, 0.2) is 24.4 Å². The van der Waals surface area contributed by atoms with Gasteiger partial charge in [-0.1, -0.05) is 6.07 Å². The molecule has 0 aliphatic heterocycles. The number of rotatable bonds is 3. The molecular formula is C11H9FN2O3. The summed E-state index contributed by atoms with van der Waals surface area (Å²) in [6.07, 6.45) is 1.34. The Morgan fingerprint density at radius 3 is 2.88 bits per heavy atom. The second-order valence-corrected chi connectivity index (χ2v) is 3.31. The van der Waals surface area contributed by atoms with Gasteiger partial charge in [-0.15, -0.1) is 0 Å². The van der Waals surface area contributed by atoms with E-state index in [1.165, 1.54) is 25.4 Å². The van der Waals surface area contributed by atoms with E-state index in [0.717, 1.165) is 0 Å². The number of methoxy groups -OCH3 is 1. The molecule has 2 N–H and O–H groups in total. The molecule has 0 saturated carbocycles. The third kappa shape index (κ3) is 1.96. The molecule has 0 atom stereocenters. The first-order valence-corrected chi connectivity index (χ1v) is 4.74. The van der Waals surface area contributed by atoms with Gasteiger partial charge >= 0.3 is 5.97 Å². The topological polar surface area (TPSA) is 75.2 Å². The van der Waals surface area contributed by atoms with Gasteiger partial charge in [-0.2, -0.15) is 5.10 Å². The van der Waals surface area contributed by atoms with Gasteiger partial charge in [-0.25, -0.2) is 9.18 Å². The Hall–Kier alpha value is -2.37. The van der Waals surface area contributed by atoms with Crippen LogP contribution in [0.2, 0.25) is 0 Å². The Labute approximate surface area is 95.9 Å². The lowest BCUT2D eigenvalue weighted by Gasteiger charge is -2.04. The van der Waals surface area contributed by atoms with Gasteiger partial charge in [-0.3, -0.25) is 5.10 Å². The predicted octanol–water partition coefficient (Wildman–Crippen LogP) is 1.92. The minimum Gasteiger partial charge on any atom is -0.494 e. The Morgan fingerprint density at radius 1 is 1.53 bits per heavy atom. The third-order valence-electron chi connectivity index (χ3n) is 2.32. The van der Waals surface area contributed by atoms with Gasteiger partial charge in [0.05, 0.1) is 13.3 Å². The van der Waals surface area contributed by atoms with E-state index < -0.39 is 11.8 Å². The molecule has 0 fully saturated rings. The van der Waals surface area contributed by atoms with E-state index in [-0.39, 0.29) is 11.4 Å². The van der Waals surface area contributed by atoms with Crippen LogP contribution in [0, 0.1) is 5.82 Å². The number of carboxylic acids is 1. The number of benzene rings is 1. The average Bonchev–Trinajstić information content (AvgIpc) is 2.77. The van der Waals surface area contributed by atoms with Crippen molar-refractivity contribution in [3.63, 3.8) is 0 Å². The molecule has 88 valence electrons. The molecule has 1 aromatic heterocycles. The van der Waals surface area contributed by atoms with Crippen LogP contribution in [0.25, 0.3) is 11.1 Å². The fourth-order valence-corrected chi connectivity index (χ4v) is 1.50. The first kappa shape index (κ1) is 11.1. The fourth-order valence-electron chi connectivity index (χ4n) is 1.50. The van der Waals surface area contributed by atoms with Crippen LogP contribution in [-0.2, 0) is 0 Å². The monoisotopic (exact) mass is 236 g/mol. The number of H-pyrrole nitrogens is 1. The highest BCUT2D eigenvalue weighted by Gasteiger charge is 2.15. The highest BCUT2D eigenvalue weighted by Crippen LogP contribution is 2.26. The summed E-state index contributed by atoms with van der Waals surface area (Å²) in [4.78, 5) is 10.9. The largest absolute Gasteiger partial charge is 0.494 e. The normalized spacial score (nSPS) is 10.2. The van der Waals surface area contributed by atoms with Gasteiger partial charge in [0.2, 0.25) is 0 Å². The van der Waals surface area contributed by atoms with Crippen LogP contribution in [0.3, 0.4) is 0 Å². The van der Waals surface area contributed by atoms with E-state index >= 15 is 0 Å². The Kier molecular flexibility index (Phi) is 2.78. The summed E-state index contributed by atoms with van der Waals surface area (Å²) in [5, 5.41) is 14.9. The zero-order valence-corrected chi connectivity index (χ0v) is 8.90. The molecule has 6 heteroatoms. The maximum atomic E-state index is 13.5. The van der Waals surface area contributed by atoms with Crippen molar-refractivity contribution in [2.45, 2.75) is 0 Å². The second-order valence-electron chi connectivity index (χ2n) is 3.31. The Balaban J connectivity index is 2.50. The molecule has 0 amide bonds. The Bertz CT molecular complexity index is 566. The number of halogens is 1. The third-order valence-corrected chi connectivity index (χ3v) is 2.32. The molecule has 0 bridgehead atoms. The van der Waals surface area contributed by atoms with Gasteiger partial charge in [0.15, 0.2) is 17.3 Å². The predicted molar refractivity (Wildman–Crippen MR) is 57.5 cm³/mol. The summed E-state index contributed by atoms with van der Waals surface area (Å²) in [5.41, 5.74) is 0.683. The molecule has 1 heterocycles. The van der Waals surface area contributed by atoms with Crippen LogP contribution in [0.1, 0.15) is 10.5 Å². The van der Waals surface area contributed by atoms with Gasteiger partial charge in [0, 0.05) is 5.56 Å². The van der Waals surface area contributed by atoms with Crippen molar-refractivity contribution >= 4 is 5.97 Å². The average molecular weight is 236 g/mol. The van der Waals surface area contributed by atoms with E-state index in [4.69, 9.17) is 9.84 Å². The number of hydrogen-bond donors (Lipinski definition) is 2. The zero-order valence-electron chi connectivity index (χ0n) is 8.90. The van der Waals surface area contributed by atoms with Gasteiger partial charge in [0.25, 0.3) is 0 Å². The highest BCUT2D eigenvalue weighted by molar-refractivity contribution is 5.93. The van der Waals surface area contributed by atoms with Crippen molar-refractivity contribution in [1.82, 2.24) is 10.2 Å². The van der Waals surface area contributed by atoms with Crippen LogP contribution >= 0.6 is 0 Å². The molecule has 0 saturated heterocycles. The lowest BCUT2D eigenvalue weighted by atomic mass is 10.1. The van der Waals surface area contributed by atoms with Crippen molar-refractivity contribution in [2.75, 3.05) is 7.11 Å². The quantitative estimate of drug-likeness (QED) is 0.853. The van der Waals surface area contributed by atoms with Crippen LogP contribution < -0.4 is 4.74 Å². The molecule has 0 unspecified atom stereocenters. The second kappa shape index (κ2) is 4.25. The molecule has 17 heavy (non-hydrogen) atoms. The molecule has 0 aliphatic carbocycles. The number of aromatic carboxylic acids is 1. The maximum absolute atomic E-state index is 13.5.